The van der Waals surface area contributed by atoms with Gasteiger partial charge in [-0.05, 0) is 29.7 Å². The Balaban J connectivity index is 1.80. The maximum atomic E-state index is 12.6. The van der Waals surface area contributed by atoms with E-state index in [1.54, 1.807) is 17.0 Å². The summed E-state index contributed by atoms with van der Waals surface area (Å²) in [4.78, 5) is 25.3. The van der Waals surface area contributed by atoms with Crippen molar-refractivity contribution in [2.45, 2.75) is 12.5 Å². The van der Waals surface area contributed by atoms with E-state index in [4.69, 9.17) is 16.7 Å². The molecule has 2 unspecified atom stereocenters. The van der Waals surface area contributed by atoms with E-state index in [9.17, 15) is 9.59 Å². The zero-order valence-corrected chi connectivity index (χ0v) is 14.3. The molecule has 5 nitrogen and oxygen atoms in total. The Morgan fingerprint density at radius 1 is 1.08 bits per heavy atom. The van der Waals surface area contributed by atoms with Crippen molar-refractivity contribution in [2.75, 3.05) is 13.1 Å². The van der Waals surface area contributed by atoms with Gasteiger partial charge in [-0.15, -0.1) is 0 Å². The molecule has 0 radical (unpaired) electrons. The van der Waals surface area contributed by atoms with Gasteiger partial charge in [0.1, 0.15) is 0 Å². The van der Waals surface area contributed by atoms with Gasteiger partial charge in [0.2, 0.25) is 0 Å². The highest BCUT2D eigenvalue weighted by Crippen LogP contribution is 2.25. The first-order valence-electron chi connectivity index (χ1n) is 8.13. The van der Waals surface area contributed by atoms with Crippen molar-refractivity contribution in [3.8, 4) is 0 Å². The lowest BCUT2D eigenvalue weighted by molar-refractivity contribution is -0.141. The average molecular weight is 359 g/mol. The minimum atomic E-state index is -0.854. The molecule has 0 aromatic heterocycles. The first kappa shape index (κ1) is 17.3. The number of carbonyl (C=O) groups excluding carboxylic acids is 1. The number of amides is 2. The van der Waals surface area contributed by atoms with Crippen LogP contribution in [0, 0.1) is 5.92 Å². The van der Waals surface area contributed by atoms with Gasteiger partial charge in [0, 0.05) is 18.1 Å². The van der Waals surface area contributed by atoms with Crippen LogP contribution in [-0.2, 0) is 4.79 Å². The van der Waals surface area contributed by atoms with Gasteiger partial charge in [0.15, 0.2) is 0 Å². The summed E-state index contributed by atoms with van der Waals surface area (Å²) in [5.41, 5.74) is 1.87. The molecule has 0 spiro atoms. The van der Waals surface area contributed by atoms with Crippen LogP contribution in [0.2, 0.25) is 5.02 Å². The van der Waals surface area contributed by atoms with Crippen LogP contribution in [0.15, 0.2) is 54.6 Å². The molecule has 1 aliphatic rings. The summed E-state index contributed by atoms with van der Waals surface area (Å²) < 4.78 is 0. The van der Waals surface area contributed by atoms with Gasteiger partial charge in [-0.1, -0.05) is 54.1 Å². The predicted octanol–water partition coefficient (Wildman–Crippen LogP) is 3.55. The van der Waals surface area contributed by atoms with E-state index in [-0.39, 0.29) is 18.6 Å². The third-order valence-corrected chi connectivity index (χ3v) is 4.68. The second-order valence-corrected chi connectivity index (χ2v) is 6.55. The average Bonchev–Trinajstić information content (AvgIpc) is 3.12. The van der Waals surface area contributed by atoms with Crippen LogP contribution in [0.3, 0.4) is 0 Å². The topological polar surface area (TPSA) is 69.6 Å². The molecular weight excluding hydrogens is 340 g/mol. The molecule has 130 valence electrons. The number of nitrogens with one attached hydrogen (secondary N) is 1. The third kappa shape index (κ3) is 4.12. The molecule has 2 atom stereocenters. The normalized spacial score (nSPS) is 18.0. The molecule has 1 saturated heterocycles. The standard InChI is InChI=1S/C19H19ClN2O3/c20-16-8-6-14(7-9-16)17(13-4-2-1-3-5-13)21-19(25)22-11-10-15(12-22)18(23)24/h1-9,15,17H,10-12H2,(H,21,25)(H,23,24). The van der Waals surface area contributed by atoms with Gasteiger partial charge in [0.05, 0.1) is 12.0 Å². The number of nitrogens with zero attached hydrogens (tertiary/aromatic N) is 1. The molecule has 1 aliphatic heterocycles. The van der Waals surface area contributed by atoms with Crippen LogP contribution in [0.5, 0.6) is 0 Å². The van der Waals surface area contributed by atoms with Crippen LogP contribution in [0.25, 0.3) is 0 Å². The summed E-state index contributed by atoms with van der Waals surface area (Å²) in [6.07, 6.45) is 0.486. The molecule has 1 heterocycles. The SMILES string of the molecule is O=C(O)C1CCN(C(=O)NC(c2ccccc2)c2ccc(Cl)cc2)C1. The molecule has 0 saturated carbocycles. The molecule has 0 bridgehead atoms. The lowest BCUT2D eigenvalue weighted by Gasteiger charge is -2.24. The number of aliphatic carboxylic acids is 1. The second kappa shape index (κ2) is 7.57. The number of likely N-dealkylation sites (tertiary alicyclic amines) is 1. The number of halogens is 1. The number of carboxylic acids is 1. The van der Waals surface area contributed by atoms with E-state index in [1.165, 1.54) is 0 Å². The van der Waals surface area contributed by atoms with E-state index in [1.807, 2.05) is 42.5 Å². The highest BCUT2D eigenvalue weighted by molar-refractivity contribution is 6.30. The van der Waals surface area contributed by atoms with E-state index in [0.717, 1.165) is 11.1 Å². The Hall–Kier alpha value is -2.53. The van der Waals surface area contributed by atoms with E-state index in [2.05, 4.69) is 5.32 Å². The fraction of sp³-hybridized carbons (Fsp3) is 0.263. The van der Waals surface area contributed by atoms with Crippen LogP contribution >= 0.6 is 11.6 Å². The minimum absolute atomic E-state index is 0.239. The number of carboxylic acid groups (broad SMARTS) is 1. The van der Waals surface area contributed by atoms with Crippen molar-refractivity contribution in [1.29, 1.82) is 0 Å². The van der Waals surface area contributed by atoms with Crippen molar-refractivity contribution < 1.29 is 14.7 Å². The van der Waals surface area contributed by atoms with Gasteiger partial charge in [0.25, 0.3) is 0 Å². The lowest BCUT2D eigenvalue weighted by Crippen LogP contribution is -2.41. The first-order valence-corrected chi connectivity index (χ1v) is 8.51. The highest BCUT2D eigenvalue weighted by atomic mass is 35.5. The highest BCUT2D eigenvalue weighted by Gasteiger charge is 2.32. The Bertz CT molecular complexity index is 749. The van der Waals surface area contributed by atoms with E-state index in [0.29, 0.717) is 18.0 Å². The van der Waals surface area contributed by atoms with Crippen LogP contribution < -0.4 is 5.32 Å². The number of hydrogen-bond acceptors (Lipinski definition) is 2. The van der Waals surface area contributed by atoms with Crippen LogP contribution in [-0.4, -0.2) is 35.1 Å². The second-order valence-electron chi connectivity index (χ2n) is 6.11. The maximum Gasteiger partial charge on any atom is 0.318 e. The predicted molar refractivity (Wildman–Crippen MR) is 95.6 cm³/mol. The third-order valence-electron chi connectivity index (χ3n) is 4.43. The van der Waals surface area contributed by atoms with Crippen LogP contribution in [0.4, 0.5) is 4.79 Å². The van der Waals surface area contributed by atoms with Gasteiger partial charge in [-0.25, -0.2) is 4.79 Å². The molecule has 2 aromatic rings. The minimum Gasteiger partial charge on any atom is -0.481 e. The van der Waals surface area contributed by atoms with Gasteiger partial charge in [-0.2, -0.15) is 0 Å². The molecule has 6 heteroatoms. The van der Waals surface area contributed by atoms with Crippen molar-refractivity contribution in [1.82, 2.24) is 10.2 Å². The quantitative estimate of drug-likeness (QED) is 0.878. The van der Waals surface area contributed by atoms with Gasteiger partial charge >= 0.3 is 12.0 Å². The molecule has 2 aromatic carbocycles. The summed E-state index contributed by atoms with van der Waals surface area (Å²) >= 11 is 5.97. The first-order chi connectivity index (χ1) is 12.0. The zero-order valence-electron chi connectivity index (χ0n) is 13.6. The molecule has 2 N–H and O–H groups in total. The number of rotatable bonds is 4. The van der Waals surface area contributed by atoms with Crippen molar-refractivity contribution >= 4 is 23.6 Å². The summed E-state index contributed by atoms with van der Waals surface area (Å²) in [5, 5.41) is 12.8. The fourth-order valence-corrected chi connectivity index (χ4v) is 3.15. The van der Waals surface area contributed by atoms with Crippen molar-refractivity contribution in [3.63, 3.8) is 0 Å². The van der Waals surface area contributed by atoms with Gasteiger partial charge in [-0.3, -0.25) is 4.79 Å². The maximum absolute atomic E-state index is 12.6. The van der Waals surface area contributed by atoms with E-state index < -0.39 is 11.9 Å². The van der Waals surface area contributed by atoms with Crippen molar-refractivity contribution in [2.24, 2.45) is 5.92 Å². The number of urea groups is 1. The molecule has 3 rings (SSSR count). The summed E-state index contributed by atoms with van der Waals surface area (Å²) in [7, 11) is 0. The number of hydrogen-bond donors (Lipinski definition) is 2. The fourth-order valence-electron chi connectivity index (χ4n) is 3.02. The summed E-state index contributed by atoms with van der Waals surface area (Å²) in [5.74, 6) is -1.34. The molecule has 25 heavy (non-hydrogen) atoms. The Kier molecular flexibility index (Phi) is 5.24. The Labute approximate surface area is 151 Å². The van der Waals surface area contributed by atoms with Gasteiger partial charge < -0.3 is 15.3 Å². The van der Waals surface area contributed by atoms with Crippen LogP contribution in [0.1, 0.15) is 23.6 Å². The Morgan fingerprint density at radius 2 is 1.72 bits per heavy atom. The van der Waals surface area contributed by atoms with Crippen molar-refractivity contribution in [3.05, 3.63) is 70.7 Å². The molecule has 2 amide bonds. The molecule has 1 fully saturated rings. The number of benzene rings is 2. The smallest absolute Gasteiger partial charge is 0.318 e. The largest absolute Gasteiger partial charge is 0.481 e. The monoisotopic (exact) mass is 358 g/mol. The zero-order chi connectivity index (χ0) is 17.8. The Morgan fingerprint density at radius 3 is 2.32 bits per heavy atom. The summed E-state index contributed by atoms with van der Waals surface area (Å²) in [6, 6.07) is 16.4. The molecule has 0 aliphatic carbocycles. The van der Waals surface area contributed by atoms with E-state index >= 15 is 0 Å². The summed E-state index contributed by atoms with van der Waals surface area (Å²) in [6.45, 7) is 0.689. The molecular formula is C19H19ClN2O3. The number of carbonyl (C=O) groups is 2. The lowest BCUT2D eigenvalue weighted by atomic mass is 9.99.